The van der Waals surface area contributed by atoms with Crippen LogP contribution >= 0.6 is 0 Å². The summed E-state index contributed by atoms with van der Waals surface area (Å²) in [4.78, 5) is 10.1. The Labute approximate surface area is 73.4 Å². The molecule has 3 heteroatoms. The SMILES string of the molecule is O=C/C=C\N1CCCCCCN1. The zero-order valence-electron chi connectivity index (χ0n) is 7.33. The molecule has 1 rings (SSSR count). The van der Waals surface area contributed by atoms with Crippen molar-refractivity contribution in [2.24, 2.45) is 0 Å². The highest BCUT2D eigenvalue weighted by Gasteiger charge is 2.01. The van der Waals surface area contributed by atoms with E-state index in [-0.39, 0.29) is 0 Å². The monoisotopic (exact) mass is 168 g/mol. The summed E-state index contributed by atoms with van der Waals surface area (Å²) in [6.45, 7) is 2.02. The first kappa shape index (κ1) is 9.26. The Hall–Kier alpha value is -0.830. The van der Waals surface area contributed by atoms with Crippen LogP contribution in [0, 0.1) is 0 Å². The molecule has 0 aromatic carbocycles. The van der Waals surface area contributed by atoms with Crippen LogP contribution in [0.3, 0.4) is 0 Å². The summed E-state index contributed by atoms with van der Waals surface area (Å²) >= 11 is 0. The average molecular weight is 168 g/mol. The fourth-order valence-corrected chi connectivity index (χ4v) is 1.33. The molecule has 12 heavy (non-hydrogen) atoms. The fraction of sp³-hybridized carbons (Fsp3) is 0.667. The lowest BCUT2D eigenvalue weighted by molar-refractivity contribution is -0.104. The van der Waals surface area contributed by atoms with Crippen LogP contribution in [0.4, 0.5) is 0 Å². The smallest absolute Gasteiger partial charge is 0.144 e. The average Bonchev–Trinajstić information content (AvgIpc) is 2.02. The van der Waals surface area contributed by atoms with Crippen molar-refractivity contribution in [1.29, 1.82) is 0 Å². The van der Waals surface area contributed by atoms with Crippen molar-refractivity contribution in [1.82, 2.24) is 10.4 Å². The van der Waals surface area contributed by atoms with Gasteiger partial charge in [0, 0.05) is 19.3 Å². The van der Waals surface area contributed by atoms with Crippen molar-refractivity contribution >= 4 is 6.29 Å². The van der Waals surface area contributed by atoms with Gasteiger partial charge < -0.3 is 5.01 Å². The lowest BCUT2D eigenvalue weighted by Gasteiger charge is -2.23. The maximum absolute atomic E-state index is 10.1. The van der Waals surface area contributed by atoms with Gasteiger partial charge in [0.15, 0.2) is 0 Å². The number of nitrogens with one attached hydrogen (secondary N) is 1. The van der Waals surface area contributed by atoms with Gasteiger partial charge in [-0.2, -0.15) is 0 Å². The second kappa shape index (κ2) is 5.77. The zero-order valence-corrected chi connectivity index (χ0v) is 7.33. The van der Waals surface area contributed by atoms with Crippen molar-refractivity contribution < 1.29 is 4.79 Å². The fourth-order valence-electron chi connectivity index (χ4n) is 1.33. The molecular weight excluding hydrogens is 152 g/mol. The third kappa shape index (κ3) is 3.53. The number of hydrogen-bond donors (Lipinski definition) is 1. The van der Waals surface area contributed by atoms with E-state index in [1.165, 1.54) is 31.8 Å². The molecule has 0 saturated carbocycles. The molecule has 1 aliphatic rings. The first-order chi connectivity index (χ1) is 5.93. The van der Waals surface area contributed by atoms with Gasteiger partial charge in [0.1, 0.15) is 6.29 Å². The molecular formula is C9H16N2O. The predicted molar refractivity (Wildman–Crippen MR) is 48.4 cm³/mol. The number of hydrazine groups is 1. The molecule has 68 valence electrons. The first-order valence-corrected chi connectivity index (χ1v) is 4.55. The topological polar surface area (TPSA) is 32.3 Å². The number of carbonyl (C=O) groups is 1. The van der Waals surface area contributed by atoms with Crippen LogP contribution in [-0.2, 0) is 4.79 Å². The summed E-state index contributed by atoms with van der Waals surface area (Å²) in [5.41, 5.74) is 3.24. The maximum Gasteiger partial charge on any atom is 0.144 e. The second-order valence-electron chi connectivity index (χ2n) is 2.99. The molecule has 0 aliphatic carbocycles. The Morgan fingerprint density at radius 2 is 2.00 bits per heavy atom. The summed E-state index contributed by atoms with van der Waals surface area (Å²) in [6, 6.07) is 0. The predicted octanol–water partition coefficient (Wildman–Crippen LogP) is 1.08. The van der Waals surface area contributed by atoms with E-state index in [0.29, 0.717) is 0 Å². The van der Waals surface area contributed by atoms with E-state index < -0.39 is 0 Å². The minimum atomic E-state index is 0.806. The van der Waals surface area contributed by atoms with Gasteiger partial charge in [0.2, 0.25) is 0 Å². The third-order valence-electron chi connectivity index (χ3n) is 1.99. The van der Waals surface area contributed by atoms with Crippen LogP contribution in [0.5, 0.6) is 0 Å². The van der Waals surface area contributed by atoms with Gasteiger partial charge in [-0.05, 0) is 18.9 Å². The minimum absolute atomic E-state index is 0.806. The Kier molecular flexibility index (Phi) is 4.46. The Morgan fingerprint density at radius 3 is 2.83 bits per heavy atom. The van der Waals surface area contributed by atoms with Gasteiger partial charge >= 0.3 is 0 Å². The van der Waals surface area contributed by atoms with Crippen LogP contribution in [-0.4, -0.2) is 24.4 Å². The van der Waals surface area contributed by atoms with E-state index in [2.05, 4.69) is 5.43 Å². The van der Waals surface area contributed by atoms with Gasteiger partial charge in [-0.1, -0.05) is 12.8 Å². The number of nitrogens with zero attached hydrogens (tertiary/aromatic N) is 1. The van der Waals surface area contributed by atoms with Crippen molar-refractivity contribution in [2.45, 2.75) is 25.7 Å². The highest BCUT2D eigenvalue weighted by molar-refractivity contribution is 5.64. The van der Waals surface area contributed by atoms with Gasteiger partial charge in [0.05, 0.1) is 0 Å². The normalized spacial score (nSPS) is 20.5. The maximum atomic E-state index is 10.1. The molecule has 0 aromatic rings. The van der Waals surface area contributed by atoms with Crippen LogP contribution in [0.2, 0.25) is 0 Å². The van der Waals surface area contributed by atoms with Crippen molar-refractivity contribution in [3.8, 4) is 0 Å². The van der Waals surface area contributed by atoms with Crippen LogP contribution < -0.4 is 5.43 Å². The van der Waals surface area contributed by atoms with Crippen molar-refractivity contribution in [3.63, 3.8) is 0 Å². The highest BCUT2D eigenvalue weighted by atomic mass is 16.1. The molecule has 1 saturated heterocycles. The third-order valence-corrected chi connectivity index (χ3v) is 1.99. The molecule has 1 heterocycles. The summed E-state index contributed by atoms with van der Waals surface area (Å²) in [6.07, 6.45) is 9.18. The molecule has 0 atom stereocenters. The van der Waals surface area contributed by atoms with Crippen molar-refractivity contribution in [2.75, 3.05) is 13.1 Å². The largest absolute Gasteiger partial charge is 0.316 e. The Balaban J connectivity index is 2.29. The van der Waals surface area contributed by atoms with Gasteiger partial charge in [0.25, 0.3) is 0 Å². The van der Waals surface area contributed by atoms with Crippen LogP contribution in [0.1, 0.15) is 25.7 Å². The van der Waals surface area contributed by atoms with Crippen molar-refractivity contribution in [3.05, 3.63) is 12.3 Å². The summed E-state index contributed by atoms with van der Waals surface area (Å²) in [5.74, 6) is 0. The van der Waals surface area contributed by atoms with E-state index in [4.69, 9.17) is 0 Å². The van der Waals surface area contributed by atoms with Crippen LogP contribution in [0.15, 0.2) is 12.3 Å². The number of carbonyl (C=O) groups excluding carboxylic acids is 1. The quantitative estimate of drug-likeness (QED) is 0.494. The van der Waals surface area contributed by atoms with Gasteiger partial charge in [-0.3, -0.25) is 4.79 Å². The standard InChI is InChI=1S/C9H16N2O/c12-9-5-8-11-7-4-2-1-3-6-10-11/h5,8-10H,1-4,6-7H2/b8-5-. The molecule has 1 aliphatic heterocycles. The second-order valence-corrected chi connectivity index (χ2v) is 2.99. The molecule has 0 spiro atoms. The Morgan fingerprint density at radius 1 is 1.17 bits per heavy atom. The zero-order chi connectivity index (χ0) is 8.65. The highest BCUT2D eigenvalue weighted by Crippen LogP contribution is 2.03. The molecule has 0 amide bonds. The lowest BCUT2D eigenvalue weighted by atomic mass is 10.2. The summed E-state index contributed by atoms with van der Waals surface area (Å²) in [5, 5.41) is 1.99. The number of allylic oxidation sites excluding steroid dienone is 1. The molecule has 0 aromatic heterocycles. The van der Waals surface area contributed by atoms with E-state index >= 15 is 0 Å². The first-order valence-electron chi connectivity index (χ1n) is 4.55. The summed E-state index contributed by atoms with van der Waals surface area (Å²) < 4.78 is 0. The minimum Gasteiger partial charge on any atom is -0.316 e. The van der Waals surface area contributed by atoms with E-state index in [1.807, 2.05) is 5.01 Å². The molecule has 0 radical (unpaired) electrons. The Bertz CT molecular complexity index is 149. The lowest BCUT2D eigenvalue weighted by Crippen LogP contribution is -2.36. The number of hydrogen-bond acceptors (Lipinski definition) is 3. The van der Waals surface area contributed by atoms with Gasteiger partial charge in [-0.25, -0.2) is 5.43 Å². The molecule has 1 fully saturated rings. The molecule has 1 N–H and O–H groups in total. The van der Waals surface area contributed by atoms with Crippen LogP contribution in [0.25, 0.3) is 0 Å². The van der Waals surface area contributed by atoms with E-state index in [9.17, 15) is 4.79 Å². The summed E-state index contributed by atoms with van der Waals surface area (Å²) in [7, 11) is 0. The molecule has 3 nitrogen and oxygen atoms in total. The number of aldehydes is 1. The van der Waals surface area contributed by atoms with E-state index in [1.54, 1.807) is 6.20 Å². The van der Waals surface area contributed by atoms with Gasteiger partial charge in [-0.15, -0.1) is 0 Å². The number of rotatable bonds is 2. The molecule has 0 bridgehead atoms. The molecule has 0 unspecified atom stereocenters. The van der Waals surface area contributed by atoms with E-state index in [0.717, 1.165) is 19.4 Å².